The van der Waals surface area contributed by atoms with Crippen molar-refractivity contribution in [3.05, 3.63) is 86.5 Å². The zero-order valence-electron chi connectivity index (χ0n) is 15.3. The van der Waals surface area contributed by atoms with E-state index in [1.54, 1.807) is 35.6 Å². The van der Waals surface area contributed by atoms with Crippen LogP contribution in [0.15, 0.2) is 75.6 Å². The molecule has 1 unspecified atom stereocenters. The van der Waals surface area contributed by atoms with Gasteiger partial charge in [0.2, 0.25) is 0 Å². The third kappa shape index (κ3) is 4.46. The number of hydrogen-bond acceptors (Lipinski definition) is 5. The van der Waals surface area contributed by atoms with Crippen LogP contribution in [0.2, 0.25) is 0 Å². The molecule has 0 spiro atoms. The summed E-state index contributed by atoms with van der Waals surface area (Å²) in [5.41, 5.74) is 2.42. The molecule has 7 heteroatoms. The van der Waals surface area contributed by atoms with Crippen molar-refractivity contribution in [3.8, 4) is 5.75 Å². The summed E-state index contributed by atoms with van der Waals surface area (Å²) in [5.74, 6) is 0.319. The van der Waals surface area contributed by atoms with Crippen molar-refractivity contribution in [1.29, 1.82) is 0 Å². The number of aldehydes is 1. The lowest BCUT2D eigenvalue weighted by Gasteiger charge is -2.20. The Morgan fingerprint density at radius 2 is 2.03 bits per heavy atom. The molecule has 0 fully saturated rings. The molecule has 1 amide bonds. The van der Waals surface area contributed by atoms with Gasteiger partial charge in [-0.15, -0.1) is 11.3 Å². The Morgan fingerprint density at radius 3 is 2.72 bits per heavy atom. The molecule has 146 valence electrons. The Kier molecular flexibility index (Phi) is 5.87. The Morgan fingerprint density at radius 1 is 1.21 bits per heavy atom. The second-order valence-electron chi connectivity index (χ2n) is 6.51. The van der Waals surface area contributed by atoms with E-state index < -0.39 is 0 Å². The number of hydrogen-bond donors (Lipinski definition) is 0. The molecule has 2 heterocycles. The van der Waals surface area contributed by atoms with Gasteiger partial charge in [-0.05, 0) is 53.4 Å². The molecule has 0 aliphatic carbocycles. The van der Waals surface area contributed by atoms with Gasteiger partial charge in [-0.25, -0.2) is 5.01 Å². The van der Waals surface area contributed by atoms with E-state index in [4.69, 9.17) is 4.74 Å². The van der Waals surface area contributed by atoms with Gasteiger partial charge in [-0.3, -0.25) is 9.59 Å². The van der Waals surface area contributed by atoms with E-state index in [-0.39, 0.29) is 18.6 Å². The lowest BCUT2D eigenvalue weighted by molar-refractivity contribution is -0.135. The fourth-order valence-corrected chi connectivity index (χ4v) is 4.35. The molecule has 29 heavy (non-hydrogen) atoms. The zero-order chi connectivity index (χ0) is 20.2. The van der Waals surface area contributed by atoms with E-state index >= 15 is 0 Å². The number of benzene rings is 2. The van der Waals surface area contributed by atoms with Gasteiger partial charge < -0.3 is 4.74 Å². The van der Waals surface area contributed by atoms with Crippen molar-refractivity contribution >= 4 is 45.2 Å². The topological polar surface area (TPSA) is 59.0 Å². The van der Waals surface area contributed by atoms with Crippen molar-refractivity contribution in [2.24, 2.45) is 5.10 Å². The van der Waals surface area contributed by atoms with E-state index in [2.05, 4.69) is 21.0 Å². The molecule has 1 aliphatic rings. The van der Waals surface area contributed by atoms with Gasteiger partial charge in [0.15, 0.2) is 6.61 Å². The van der Waals surface area contributed by atoms with Gasteiger partial charge >= 0.3 is 0 Å². The Labute approximate surface area is 180 Å². The van der Waals surface area contributed by atoms with Crippen LogP contribution >= 0.6 is 27.3 Å². The lowest BCUT2D eigenvalue weighted by Crippen LogP contribution is -2.31. The van der Waals surface area contributed by atoms with Crippen LogP contribution in [0.25, 0.3) is 0 Å². The van der Waals surface area contributed by atoms with Crippen LogP contribution in [0.4, 0.5) is 0 Å². The van der Waals surface area contributed by atoms with Crippen molar-refractivity contribution < 1.29 is 14.3 Å². The van der Waals surface area contributed by atoms with Gasteiger partial charge in [0.1, 0.15) is 12.0 Å². The third-order valence-electron chi connectivity index (χ3n) is 4.57. The first kappa shape index (κ1) is 19.5. The first-order chi connectivity index (χ1) is 14.1. The molecule has 0 radical (unpaired) electrons. The number of nitrogens with zero attached hydrogens (tertiary/aromatic N) is 2. The Bertz CT molecular complexity index is 1050. The monoisotopic (exact) mass is 468 g/mol. The second-order valence-corrected chi connectivity index (χ2v) is 8.40. The smallest absolute Gasteiger partial charge is 0.281 e. The van der Waals surface area contributed by atoms with Gasteiger partial charge in [-0.2, -0.15) is 5.10 Å². The maximum absolute atomic E-state index is 12.9. The molecule has 2 aromatic carbocycles. The molecule has 1 atom stereocenters. The molecular formula is C22H17BrN2O3S. The molecule has 0 saturated heterocycles. The second kappa shape index (κ2) is 8.71. The highest BCUT2D eigenvalue weighted by molar-refractivity contribution is 9.10. The Balaban J connectivity index is 1.53. The minimum absolute atomic E-state index is 0.127. The maximum atomic E-state index is 12.9. The molecular weight excluding hydrogens is 452 g/mol. The van der Waals surface area contributed by atoms with Crippen LogP contribution < -0.4 is 4.74 Å². The van der Waals surface area contributed by atoms with E-state index in [1.807, 2.05) is 41.8 Å². The molecule has 0 saturated carbocycles. The van der Waals surface area contributed by atoms with Crippen molar-refractivity contribution in [1.82, 2.24) is 5.01 Å². The molecule has 0 N–H and O–H groups in total. The number of amides is 1. The van der Waals surface area contributed by atoms with Crippen LogP contribution in [0.1, 0.15) is 33.3 Å². The predicted octanol–water partition coefficient (Wildman–Crippen LogP) is 5.08. The van der Waals surface area contributed by atoms with Crippen LogP contribution in [0.3, 0.4) is 0 Å². The van der Waals surface area contributed by atoms with E-state index in [0.29, 0.717) is 17.7 Å². The van der Waals surface area contributed by atoms with E-state index in [0.717, 1.165) is 26.9 Å². The van der Waals surface area contributed by atoms with Crippen molar-refractivity contribution in [2.75, 3.05) is 6.61 Å². The molecule has 5 nitrogen and oxygen atoms in total. The Hall–Kier alpha value is -2.77. The minimum Gasteiger partial charge on any atom is -0.484 e. The first-order valence-corrected chi connectivity index (χ1v) is 10.7. The largest absolute Gasteiger partial charge is 0.484 e. The summed E-state index contributed by atoms with van der Waals surface area (Å²) in [4.78, 5) is 24.8. The van der Waals surface area contributed by atoms with Crippen LogP contribution in [0, 0.1) is 0 Å². The molecule has 1 aromatic heterocycles. The van der Waals surface area contributed by atoms with Gasteiger partial charge in [-0.1, -0.05) is 34.1 Å². The first-order valence-electron chi connectivity index (χ1n) is 9.01. The van der Waals surface area contributed by atoms with Crippen LogP contribution in [-0.4, -0.2) is 29.5 Å². The fraction of sp³-hybridized carbons (Fsp3) is 0.136. The number of hydrazone groups is 1. The van der Waals surface area contributed by atoms with Crippen molar-refractivity contribution in [2.45, 2.75) is 12.5 Å². The number of carbonyl (C=O) groups is 2. The third-order valence-corrected chi connectivity index (χ3v) is 6.04. The summed E-state index contributed by atoms with van der Waals surface area (Å²) in [6.45, 7) is -0.127. The number of thiophene rings is 1. The summed E-state index contributed by atoms with van der Waals surface area (Å²) < 4.78 is 6.59. The van der Waals surface area contributed by atoms with Gasteiger partial charge in [0, 0.05) is 21.3 Å². The summed E-state index contributed by atoms with van der Waals surface area (Å²) in [6, 6.07) is 18.4. The lowest BCUT2D eigenvalue weighted by atomic mass is 10.0. The summed E-state index contributed by atoms with van der Waals surface area (Å²) in [6.07, 6.45) is 1.42. The maximum Gasteiger partial charge on any atom is 0.281 e. The number of ether oxygens (including phenoxy) is 1. The normalized spacial score (nSPS) is 15.8. The SMILES string of the molecule is O=Cc1ccc(OCC(=O)N2N=C(c3cccc(Br)c3)CC2c2cccs2)cc1. The minimum atomic E-state index is -0.215. The highest BCUT2D eigenvalue weighted by Gasteiger charge is 2.33. The molecule has 1 aliphatic heterocycles. The van der Waals surface area contributed by atoms with Crippen LogP contribution in [-0.2, 0) is 4.79 Å². The average molecular weight is 469 g/mol. The molecule has 3 aromatic rings. The zero-order valence-corrected chi connectivity index (χ0v) is 17.7. The fourth-order valence-electron chi connectivity index (χ4n) is 3.14. The number of carbonyl (C=O) groups excluding carboxylic acids is 2. The van der Waals surface area contributed by atoms with Gasteiger partial charge in [0.25, 0.3) is 5.91 Å². The summed E-state index contributed by atoms with van der Waals surface area (Å²) >= 11 is 5.10. The van der Waals surface area contributed by atoms with Gasteiger partial charge in [0.05, 0.1) is 11.8 Å². The summed E-state index contributed by atoms with van der Waals surface area (Å²) in [5, 5.41) is 8.17. The highest BCUT2D eigenvalue weighted by Crippen LogP contribution is 2.35. The predicted molar refractivity (Wildman–Crippen MR) is 117 cm³/mol. The standard InChI is InChI=1S/C22H17BrN2O3S/c23-17-4-1-3-16(11-17)19-12-20(21-5-2-10-29-21)25(24-19)22(27)14-28-18-8-6-15(13-26)7-9-18/h1-11,13,20H,12,14H2. The highest BCUT2D eigenvalue weighted by atomic mass is 79.9. The number of halogens is 1. The van der Waals surface area contributed by atoms with Crippen molar-refractivity contribution in [3.63, 3.8) is 0 Å². The van der Waals surface area contributed by atoms with Crippen LogP contribution in [0.5, 0.6) is 5.75 Å². The average Bonchev–Trinajstić information content (AvgIpc) is 3.42. The van der Waals surface area contributed by atoms with E-state index in [1.165, 1.54) is 5.01 Å². The molecule has 0 bridgehead atoms. The quantitative estimate of drug-likeness (QED) is 0.473. The molecule has 4 rings (SSSR count). The van der Waals surface area contributed by atoms with E-state index in [9.17, 15) is 9.59 Å². The number of rotatable bonds is 6. The summed E-state index contributed by atoms with van der Waals surface area (Å²) in [7, 11) is 0.